The average molecular weight is 1560 g/mol. The molecule has 6 amide bonds. The smallest absolute Gasteiger partial charge is 0.415 e. The van der Waals surface area contributed by atoms with Crippen molar-refractivity contribution in [2.45, 2.75) is 59.9 Å². The Labute approximate surface area is 655 Å². The number of pyridine rings is 1. The molecule has 2 aliphatic rings. The third kappa shape index (κ3) is 23.5. The van der Waals surface area contributed by atoms with E-state index in [0.717, 1.165) is 91.5 Å². The maximum Gasteiger partial charge on any atom is 0.416 e. The van der Waals surface area contributed by atoms with Gasteiger partial charge in [-0.1, -0.05) is 77.7 Å². The lowest BCUT2D eigenvalue weighted by Crippen LogP contribution is -2.46. The maximum atomic E-state index is 14.2. The number of aryl methyl sites for hydroxylation is 4. The van der Waals surface area contributed by atoms with Crippen LogP contribution in [0, 0.1) is 69.0 Å². The number of imidazole rings is 2. The van der Waals surface area contributed by atoms with E-state index < -0.39 is 29.5 Å². The summed E-state index contributed by atoms with van der Waals surface area (Å²) in [6.45, 7) is 16.3. The number of nitrogens with two attached hydrogens (primary N) is 1. The van der Waals surface area contributed by atoms with Gasteiger partial charge >= 0.3 is 24.3 Å². The Morgan fingerprint density at radius 3 is 1.88 bits per heavy atom. The first kappa shape index (κ1) is 82.9. The van der Waals surface area contributed by atoms with Crippen LogP contribution >= 0.6 is 11.6 Å². The Morgan fingerprint density at radius 2 is 1.24 bits per heavy atom. The zero-order valence-corrected chi connectivity index (χ0v) is 64.1. The number of β-amino-alcohol motifs (C(OH)–C–C–N with tert-alkyl or cyclic N) is 1. The summed E-state index contributed by atoms with van der Waals surface area (Å²) in [5.41, 5.74) is 14.6. The molecular formula is C82H83ClF4N18O8. The minimum Gasteiger partial charge on any atom is -0.415 e. The lowest BCUT2D eigenvalue weighted by molar-refractivity contribution is -0.138. The van der Waals surface area contributed by atoms with Crippen LogP contribution in [0.4, 0.5) is 44.5 Å². The van der Waals surface area contributed by atoms with E-state index in [0.29, 0.717) is 80.8 Å². The van der Waals surface area contributed by atoms with Gasteiger partial charge < -0.3 is 50.6 Å². The molecular weight excluding hydrogens is 1480 g/mol. The number of primary amides is 1. The zero-order chi connectivity index (χ0) is 81.0. The van der Waals surface area contributed by atoms with Crippen LogP contribution in [-0.2, 0) is 39.3 Å². The van der Waals surface area contributed by atoms with Gasteiger partial charge in [0, 0.05) is 156 Å². The predicted molar refractivity (Wildman–Crippen MR) is 419 cm³/mol. The number of nitrogens with one attached hydrogen (secondary N) is 5. The first-order chi connectivity index (χ1) is 54.1. The third-order valence-electron chi connectivity index (χ3n) is 18.3. The van der Waals surface area contributed by atoms with Gasteiger partial charge in [-0.2, -0.15) is 23.0 Å². The van der Waals surface area contributed by atoms with Crippen LogP contribution in [0.25, 0.3) is 0 Å². The molecule has 5 aromatic heterocycles. The van der Waals surface area contributed by atoms with Gasteiger partial charge in [-0.05, 0) is 135 Å². The molecule has 2 saturated heterocycles. The average Bonchev–Trinajstić information content (AvgIpc) is 1.44. The van der Waals surface area contributed by atoms with E-state index >= 15 is 0 Å². The molecule has 0 spiro atoms. The van der Waals surface area contributed by atoms with Crippen LogP contribution in [0.2, 0.25) is 5.02 Å². The molecule has 2 fully saturated rings. The number of hydrogen-bond acceptors (Lipinski definition) is 17. The normalized spacial score (nSPS) is 13.0. The van der Waals surface area contributed by atoms with Gasteiger partial charge in [-0.25, -0.2) is 33.9 Å². The van der Waals surface area contributed by atoms with E-state index in [1.165, 1.54) is 49.5 Å². The molecule has 2 aliphatic heterocycles. The number of urea groups is 1. The second-order valence-electron chi connectivity index (χ2n) is 26.8. The van der Waals surface area contributed by atoms with E-state index in [2.05, 4.69) is 102 Å². The second kappa shape index (κ2) is 38.4. The number of aliphatic hydroxyl groups is 1. The lowest BCUT2D eigenvalue weighted by atomic mass is 9.96. The number of amides is 6. The molecule has 26 nitrogen and oxygen atoms in total. The summed E-state index contributed by atoms with van der Waals surface area (Å²) in [6.07, 6.45) is 4.65. The van der Waals surface area contributed by atoms with Gasteiger partial charge in [0.15, 0.2) is 17.4 Å². The number of nitrogens with zero attached hydrogens (tertiary/aromatic N) is 12. The molecule has 113 heavy (non-hydrogen) atoms. The van der Waals surface area contributed by atoms with Crippen LogP contribution in [0.5, 0.6) is 0 Å². The number of oxazole rings is 1. The fourth-order valence-electron chi connectivity index (χ4n) is 11.9. The van der Waals surface area contributed by atoms with Gasteiger partial charge in [0.05, 0.1) is 66.8 Å². The standard InChI is InChI=1S/C30H32F3N5O2.C28H31ClN6O3.C24H20FN7O3/c1-20-5-7-23(17-22(20)9-10-25-18-35-28(37(25)4)29(40)34-2)27(39)16-21-6-8-24(26(15-21)30(31,32)33)19-38-13-11-36(3)12-14-38;1-20-3-8-25(15-22(20)5-4-21-17-31-35(18-21)28(38)30-2)32-27(37)23-6-7-24(26(29)16-23)19-34-11-9-33(10-12-34)13-14-36;1-14-3-5-18(7-16(14)4-6-20-10-27-24(35-20)31-23(26)34)30-22(33)21-9-17(25)8-19(29-21)12-32-11-15(2)28-13-32/h5-8,15,17-18H,11-14,16,19H2,1-4H3,(H,34,40);3,6-8,15-18,36H,9-14,19H2,1-2H3,(H,30,38)(H,32,37);3,5,7-11,13H,12H2,1-2H3,(H,30,33)(H3,26,27,31,34). The Bertz CT molecular complexity index is 5370. The third-order valence-corrected chi connectivity index (χ3v) is 18.7. The summed E-state index contributed by atoms with van der Waals surface area (Å²) in [4.78, 5) is 98.3. The van der Waals surface area contributed by atoms with E-state index in [4.69, 9.17) is 26.9 Å². The maximum absolute atomic E-state index is 14.2. The molecule has 0 radical (unpaired) electrons. The highest BCUT2D eigenvalue weighted by Gasteiger charge is 2.35. The van der Waals surface area contributed by atoms with Crippen molar-refractivity contribution in [2.75, 3.05) is 103 Å². The fourth-order valence-corrected chi connectivity index (χ4v) is 12.1. The van der Waals surface area contributed by atoms with Gasteiger partial charge in [-0.15, -0.1) is 0 Å². The number of aliphatic hydroxyl groups excluding tert-OH is 1. The van der Waals surface area contributed by atoms with Crippen LogP contribution < -0.4 is 32.3 Å². The van der Waals surface area contributed by atoms with Crippen molar-refractivity contribution < 1.29 is 55.9 Å². The number of carbonyl (C=O) groups excluding carboxylic acids is 6. The van der Waals surface area contributed by atoms with Gasteiger partial charge in [0.2, 0.25) is 0 Å². The Morgan fingerprint density at radius 1 is 0.619 bits per heavy atom. The Balaban J connectivity index is 0.000000180. The number of carbonyl (C=O) groups is 6. The molecule has 0 bridgehead atoms. The lowest BCUT2D eigenvalue weighted by Gasteiger charge is -2.34. The number of Topliss-reactive ketones (excluding diaryl/α,β-unsaturated/α-hetero) is 1. The van der Waals surface area contributed by atoms with Crippen molar-refractivity contribution >= 4 is 64.6 Å². The minimum absolute atomic E-state index is 0.0545. The minimum atomic E-state index is -4.52. The molecule has 0 atom stereocenters. The zero-order valence-electron chi connectivity index (χ0n) is 63.3. The summed E-state index contributed by atoms with van der Waals surface area (Å²) < 4.78 is 65.8. The van der Waals surface area contributed by atoms with Crippen LogP contribution in [-0.4, -0.2) is 186 Å². The number of alkyl halides is 3. The van der Waals surface area contributed by atoms with E-state index in [9.17, 15) is 46.3 Å². The van der Waals surface area contributed by atoms with Crippen LogP contribution in [0.1, 0.15) is 126 Å². The predicted octanol–water partition coefficient (Wildman–Crippen LogP) is 9.69. The van der Waals surface area contributed by atoms with Gasteiger partial charge in [-0.3, -0.25) is 39.2 Å². The molecule has 12 rings (SSSR count). The van der Waals surface area contributed by atoms with Gasteiger partial charge in [0.1, 0.15) is 17.2 Å². The van der Waals surface area contributed by atoms with Gasteiger partial charge in [0.25, 0.3) is 17.7 Å². The summed E-state index contributed by atoms with van der Waals surface area (Å²) in [7, 11) is 6.73. The number of aromatic nitrogens is 8. The SMILES string of the molecule is CNC(=O)c1ncc(C#Cc2cc(C(=O)Cc3ccc(CN4CCN(C)CC4)c(C(F)(F)F)c3)ccc2C)n1C.CNC(=O)n1cc(C#Cc2cc(NC(=O)c3ccc(CN4CCN(CCO)CC4)c(Cl)c3)ccc2C)cn1.Cc1cn(Cc2cc(F)cc(C(=O)Nc3ccc(C)c(C#Cc4cnc(NC(N)=O)o4)c3)n2)cn1. The van der Waals surface area contributed by atoms with E-state index in [1.807, 2.05) is 63.9 Å². The number of piperazine rings is 2. The molecule has 10 aromatic rings. The Kier molecular flexibility index (Phi) is 28.1. The number of likely N-dealkylation sites (N-methyl/N-ethyl adjacent to an activating group) is 1. The summed E-state index contributed by atoms with van der Waals surface area (Å²) in [5.74, 6) is 16.2. The van der Waals surface area contributed by atoms with Crippen molar-refractivity contribution in [1.82, 2.24) is 69.1 Å². The first-order valence-electron chi connectivity index (χ1n) is 35.7. The van der Waals surface area contributed by atoms with Crippen molar-refractivity contribution in [3.05, 3.63) is 258 Å². The monoisotopic (exact) mass is 1560 g/mol. The molecule has 584 valence electrons. The van der Waals surface area contributed by atoms with E-state index in [-0.39, 0.29) is 78.6 Å². The topological polar surface area (TPSA) is 314 Å². The molecule has 0 saturated carbocycles. The van der Waals surface area contributed by atoms with Crippen LogP contribution in [0.3, 0.4) is 0 Å². The fraction of sp³-hybridized carbons (Fsp3) is 0.280. The molecule has 7 heterocycles. The highest BCUT2D eigenvalue weighted by molar-refractivity contribution is 6.31. The second-order valence-corrected chi connectivity index (χ2v) is 27.2. The van der Waals surface area contributed by atoms with Crippen molar-refractivity contribution in [1.29, 1.82) is 0 Å². The number of rotatable bonds is 17. The molecule has 0 unspecified atom stereocenters. The molecule has 31 heteroatoms. The number of ketones is 1. The molecule has 5 aromatic carbocycles. The summed E-state index contributed by atoms with van der Waals surface area (Å²) in [5, 5.41) is 26.5. The first-order valence-corrected chi connectivity index (χ1v) is 36.1. The van der Waals surface area contributed by atoms with Crippen molar-refractivity contribution in [2.24, 2.45) is 12.8 Å². The summed E-state index contributed by atoms with van der Waals surface area (Å²) >= 11 is 6.55. The quantitative estimate of drug-likeness (QED) is 0.0253. The highest BCUT2D eigenvalue weighted by atomic mass is 35.5. The molecule has 8 N–H and O–H groups in total. The van der Waals surface area contributed by atoms with Crippen molar-refractivity contribution in [3.63, 3.8) is 0 Å². The largest absolute Gasteiger partial charge is 0.416 e. The number of hydrogen-bond donors (Lipinski definition) is 7. The number of halogens is 5. The Hall–Kier alpha value is -12.6. The van der Waals surface area contributed by atoms with E-state index in [1.54, 1.807) is 89.5 Å². The number of anilines is 3. The number of benzene rings is 5. The summed E-state index contributed by atoms with van der Waals surface area (Å²) in [6, 6.07) is 26.5. The van der Waals surface area contributed by atoms with Crippen molar-refractivity contribution in [3.8, 4) is 35.5 Å². The molecule has 0 aliphatic carbocycles. The van der Waals surface area contributed by atoms with Crippen LogP contribution in [0.15, 0.2) is 145 Å². The highest BCUT2D eigenvalue weighted by Crippen LogP contribution is 2.34.